The van der Waals surface area contributed by atoms with E-state index in [4.69, 9.17) is 23.7 Å². The van der Waals surface area contributed by atoms with Gasteiger partial charge in [0.2, 0.25) is 0 Å². The molecule has 3 N–H and O–H groups in total. The smallest absolute Gasteiger partial charge is 0.335 e. The van der Waals surface area contributed by atoms with Gasteiger partial charge in [0.25, 0.3) is 0 Å². The number of hydrogen-bond acceptors (Lipinski definition) is 11. The van der Waals surface area contributed by atoms with Crippen molar-refractivity contribution >= 4 is 23.9 Å². The molecule has 466 valence electrons. The molecule has 1 heterocycles. The number of aliphatic hydroxyl groups is 2. The summed E-state index contributed by atoms with van der Waals surface area (Å²) in [6, 6.07) is 0. The van der Waals surface area contributed by atoms with Crippen LogP contribution in [0.4, 0.5) is 0 Å². The molecule has 0 saturated carbocycles. The summed E-state index contributed by atoms with van der Waals surface area (Å²) in [5, 5.41) is 31.6. The molecule has 1 aliphatic heterocycles. The molecule has 6 atom stereocenters. The van der Waals surface area contributed by atoms with Crippen molar-refractivity contribution in [2.24, 2.45) is 0 Å². The van der Waals surface area contributed by atoms with Crippen LogP contribution in [-0.2, 0) is 42.9 Å². The lowest BCUT2D eigenvalue weighted by molar-refractivity contribution is -0.301. The van der Waals surface area contributed by atoms with Crippen molar-refractivity contribution in [3.63, 3.8) is 0 Å². The highest BCUT2D eigenvalue weighted by Crippen LogP contribution is 2.27. The number of hydrogen-bond donors (Lipinski definition) is 3. The maximum absolute atomic E-state index is 13.2. The molecule has 0 aromatic rings. The van der Waals surface area contributed by atoms with E-state index >= 15 is 0 Å². The summed E-state index contributed by atoms with van der Waals surface area (Å²) < 4.78 is 28.5. The van der Waals surface area contributed by atoms with Gasteiger partial charge in [0, 0.05) is 19.3 Å². The number of ether oxygens (including phenoxy) is 5. The summed E-state index contributed by atoms with van der Waals surface area (Å²) in [5.41, 5.74) is 0. The van der Waals surface area contributed by atoms with Crippen molar-refractivity contribution in [1.82, 2.24) is 0 Å². The predicted octanol–water partition coefficient (Wildman–Crippen LogP) is 17.7. The first-order valence-corrected chi connectivity index (χ1v) is 32.9. The molecular formula is C69H118O12. The zero-order chi connectivity index (χ0) is 58.9. The highest BCUT2D eigenvalue weighted by molar-refractivity contribution is 5.74. The molecule has 1 fully saturated rings. The standard InChI is InChI=1S/C69H118O12/c1-4-7-10-13-16-19-22-25-27-29-31-33-35-38-40-43-46-49-52-55-61(70)77-58-60(79-62(71)56-53-50-47-44-41-37-24-21-18-15-12-9-6-3)59-78-69-67(65(74)64(73)66(81-69)68(75)76)80-63(72)57-54-51-48-45-42-39-36-34-32-30-28-26-23-20-17-14-11-8-5-2/h9,12,17-18,20-21,25-28,37,41,60,64-67,69,73-74H,4-8,10-11,13-16,19,22-24,29-36,38-40,42-59H2,1-3H3,(H,75,76)/b12-9-,20-17-,21-18-,27-25-,28-26-,41-37-. The van der Waals surface area contributed by atoms with Crippen LogP contribution in [0, 0.1) is 0 Å². The van der Waals surface area contributed by atoms with Crippen LogP contribution < -0.4 is 0 Å². The second-order valence-electron chi connectivity index (χ2n) is 22.4. The number of carbonyl (C=O) groups is 4. The van der Waals surface area contributed by atoms with E-state index in [0.717, 1.165) is 96.3 Å². The van der Waals surface area contributed by atoms with E-state index in [2.05, 4.69) is 93.7 Å². The number of rotatable bonds is 56. The molecule has 1 rings (SSSR count). The average Bonchev–Trinajstić information content (AvgIpc) is 3.54. The zero-order valence-corrected chi connectivity index (χ0v) is 51.5. The maximum atomic E-state index is 13.2. The third-order valence-corrected chi connectivity index (χ3v) is 14.7. The Kier molecular flexibility index (Phi) is 52.6. The van der Waals surface area contributed by atoms with Crippen LogP contribution in [0.3, 0.4) is 0 Å². The molecule has 1 saturated heterocycles. The zero-order valence-electron chi connectivity index (χ0n) is 51.5. The van der Waals surface area contributed by atoms with Gasteiger partial charge in [-0.2, -0.15) is 0 Å². The number of aliphatic carboxylic acids is 1. The first kappa shape index (κ1) is 75.2. The van der Waals surface area contributed by atoms with Gasteiger partial charge in [-0.05, 0) is 109 Å². The van der Waals surface area contributed by atoms with Crippen LogP contribution >= 0.6 is 0 Å². The molecule has 0 amide bonds. The number of esters is 3. The maximum Gasteiger partial charge on any atom is 0.335 e. The van der Waals surface area contributed by atoms with Crippen LogP contribution in [-0.4, -0.2) is 89.2 Å². The third kappa shape index (κ3) is 46.3. The van der Waals surface area contributed by atoms with E-state index < -0.39 is 67.3 Å². The van der Waals surface area contributed by atoms with E-state index in [1.165, 1.54) is 135 Å². The molecule has 12 heteroatoms. The summed E-state index contributed by atoms with van der Waals surface area (Å²) in [5.74, 6) is -3.15. The molecule has 0 aliphatic carbocycles. The summed E-state index contributed by atoms with van der Waals surface area (Å²) >= 11 is 0. The molecule has 1 aliphatic rings. The van der Waals surface area contributed by atoms with E-state index in [-0.39, 0.29) is 25.9 Å². The van der Waals surface area contributed by atoms with E-state index in [0.29, 0.717) is 19.3 Å². The lowest BCUT2D eigenvalue weighted by Crippen LogP contribution is -2.61. The average molecular weight is 1140 g/mol. The van der Waals surface area contributed by atoms with Crippen LogP contribution in [0.1, 0.15) is 290 Å². The van der Waals surface area contributed by atoms with Crippen molar-refractivity contribution in [3.8, 4) is 0 Å². The lowest BCUT2D eigenvalue weighted by atomic mass is 9.98. The van der Waals surface area contributed by atoms with E-state index in [9.17, 15) is 34.5 Å². The molecule has 0 aromatic heterocycles. The minimum absolute atomic E-state index is 0.0509. The fourth-order valence-corrected chi connectivity index (χ4v) is 9.70. The Morgan fingerprint density at radius 1 is 0.420 bits per heavy atom. The number of carboxylic acid groups (broad SMARTS) is 1. The van der Waals surface area contributed by atoms with Crippen molar-refractivity contribution in [1.29, 1.82) is 0 Å². The van der Waals surface area contributed by atoms with Crippen molar-refractivity contribution in [2.75, 3.05) is 13.2 Å². The number of allylic oxidation sites excluding steroid dienone is 12. The van der Waals surface area contributed by atoms with E-state index in [1.54, 1.807) is 0 Å². The van der Waals surface area contributed by atoms with Gasteiger partial charge < -0.3 is 39.0 Å². The van der Waals surface area contributed by atoms with Gasteiger partial charge >= 0.3 is 23.9 Å². The third-order valence-electron chi connectivity index (χ3n) is 14.7. The first-order chi connectivity index (χ1) is 39.6. The Hall–Kier alpha value is -3.84. The minimum atomic E-state index is -1.91. The fourth-order valence-electron chi connectivity index (χ4n) is 9.70. The second kappa shape index (κ2) is 56.6. The van der Waals surface area contributed by atoms with Crippen molar-refractivity contribution in [2.45, 2.75) is 327 Å². The van der Waals surface area contributed by atoms with Crippen LogP contribution in [0.25, 0.3) is 0 Å². The van der Waals surface area contributed by atoms with Gasteiger partial charge in [-0.25, -0.2) is 4.79 Å². The Morgan fingerprint density at radius 3 is 1.23 bits per heavy atom. The SMILES string of the molecule is CC/C=C\C/C=C\C/C=C\CCCCCC(=O)OC(COC(=O)CCCCCCCCCCC/C=C\CCCCCCCC)COC1OC(C(=O)O)C(O)C(O)C1OC(=O)CCCCCCCCCCC/C=C\C/C=C\CCCCC. The topological polar surface area (TPSA) is 175 Å². The summed E-state index contributed by atoms with van der Waals surface area (Å²) in [7, 11) is 0. The fraction of sp³-hybridized carbons (Fsp3) is 0.768. The quantitative estimate of drug-likeness (QED) is 0.0228. The summed E-state index contributed by atoms with van der Waals surface area (Å²) in [4.78, 5) is 51.3. The normalized spacial score (nSPS) is 18.2. The van der Waals surface area contributed by atoms with Crippen LogP contribution in [0.15, 0.2) is 72.9 Å². The number of carbonyl (C=O) groups excluding carboxylic acids is 3. The lowest BCUT2D eigenvalue weighted by Gasteiger charge is -2.40. The van der Waals surface area contributed by atoms with Crippen LogP contribution in [0.2, 0.25) is 0 Å². The molecule has 0 aromatic carbocycles. The van der Waals surface area contributed by atoms with Gasteiger partial charge in [-0.15, -0.1) is 0 Å². The number of unbranched alkanes of at least 4 members (excludes halogenated alkanes) is 30. The van der Waals surface area contributed by atoms with Gasteiger partial charge in [0.15, 0.2) is 24.6 Å². The summed E-state index contributed by atoms with van der Waals surface area (Å²) in [6.07, 6.45) is 60.1. The van der Waals surface area contributed by atoms with Crippen LogP contribution in [0.5, 0.6) is 0 Å². The molecular weight excluding hydrogens is 1020 g/mol. The first-order valence-electron chi connectivity index (χ1n) is 32.9. The second-order valence-corrected chi connectivity index (χ2v) is 22.4. The molecule has 0 radical (unpaired) electrons. The van der Waals surface area contributed by atoms with Gasteiger partial charge in [-0.3, -0.25) is 14.4 Å². The predicted molar refractivity (Wildman–Crippen MR) is 331 cm³/mol. The van der Waals surface area contributed by atoms with Gasteiger partial charge in [0.05, 0.1) is 6.61 Å². The number of carboxylic acids is 1. The molecule has 0 spiro atoms. The molecule has 6 unspecified atom stereocenters. The van der Waals surface area contributed by atoms with Gasteiger partial charge in [0.1, 0.15) is 18.8 Å². The van der Waals surface area contributed by atoms with Gasteiger partial charge in [-0.1, -0.05) is 235 Å². The Balaban J connectivity index is 2.64. The minimum Gasteiger partial charge on any atom is -0.479 e. The highest BCUT2D eigenvalue weighted by Gasteiger charge is 2.50. The molecule has 0 bridgehead atoms. The van der Waals surface area contributed by atoms with E-state index in [1.807, 2.05) is 0 Å². The summed E-state index contributed by atoms with van der Waals surface area (Å²) in [6.45, 7) is 5.85. The monoisotopic (exact) mass is 1140 g/mol. The Bertz CT molecular complexity index is 1680. The number of aliphatic hydroxyl groups excluding tert-OH is 2. The highest BCUT2D eigenvalue weighted by atomic mass is 16.7. The Labute approximate surface area is 493 Å². The Morgan fingerprint density at radius 2 is 0.778 bits per heavy atom. The molecule has 81 heavy (non-hydrogen) atoms. The van der Waals surface area contributed by atoms with Crippen molar-refractivity contribution < 1.29 is 58.2 Å². The largest absolute Gasteiger partial charge is 0.479 e. The van der Waals surface area contributed by atoms with Crippen molar-refractivity contribution in [3.05, 3.63) is 72.9 Å². The molecule has 12 nitrogen and oxygen atoms in total.